The molecule has 0 bridgehead atoms. The lowest BCUT2D eigenvalue weighted by Gasteiger charge is -2.21. The van der Waals surface area contributed by atoms with Gasteiger partial charge in [-0.25, -0.2) is 9.13 Å². The minimum atomic E-state index is -4.95. The number of rotatable bonds is 63. The van der Waals surface area contributed by atoms with Crippen molar-refractivity contribution < 1.29 is 80.2 Å². The lowest BCUT2D eigenvalue weighted by molar-refractivity contribution is -0.161. The largest absolute Gasteiger partial charge is 0.472 e. The highest BCUT2D eigenvalue weighted by Crippen LogP contribution is 2.45. The summed E-state index contributed by atoms with van der Waals surface area (Å²) in [4.78, 5) is 71.9. The summed E-state index contributed by atoms with van der Waals surface area (Å²) in [5.74, 6) is -2.17. The maximum absolute atomic E-state index is 13.0. The number of unbranched alkanes of at least 4 members (excludes halogenated alkanes) is 34. The Kier molecular flexibility index (Phi) is 56.8. The number of ether oxygens (including phenoxy) is 4. The van der Waals surface area contributed by atoms with Gasteiger partial charge in [0, 0.05) is 25.7 Å². The fraction of sp³-hybridized carbons (Fsp3) is 0.875. The van der Waals surface area contributed by atoms with Gasteiger partial charge in [0.05, 0.1) is 26.4 Å². The molecule has 3 N–H and O–H groups in total. The number of hydrogen-bond donors (Lipinski definition) is 3. The second kappa shape index (κ2) is 58.6. The number of carbonyl (C=O) groups is 4. The van der Waals surface area contributed by atoms with E-state index in [0.717, 1.165) is 109 Å². The number of phosphoric ester groups is 2. The molecule has 0 heterocycles. The number of hydrogen-bond acceptors (Lipinski definition) is 15. The zero-order chi connectivity index (χ0) is 61.2. The van der Waals surface area contributed by atoms with Crippen LogP contribution in [0.4, 0.5) is 0 Å². The van der Waals surface area contributed by atoms with Crippen LogP contribution in [0.2, 0.25) is 0 Å². The average Bonchev–Trinajstić information content (AvgIpc) is 3.47. The third-order valence-corrected chi connectivity index (χ3v) is 16.1. The molecule has 0 aromatic heterocycles. The second-order valence-corrected chi connectivity index (χ2v) is 25.4. The first-order valence-corrected chi connectivity index (χ1v) is 36.1. The molecule has 0 saturated heterocycles. The lowest BCUT2D eigenvalue weighted by atomic mass is 10.0. The van der Waals surface area contributed by atoms with Crippen molar-refractivity contribution >= 4 is 39.5 Å². The Balaban J connectivity index is 5.21. The Morgan fingerprint density at radius 3 is 0.880 bits per heavy atom. The van der Waals surface area contributed by atoms with Crippen molar-refractivity contribution in [3.63, 3.8) is 0 Å². The van der Waals surface area contributed by atoms with Gasteiger partial charge < -0.3 is 33.8 Å². The minimum Gasteiger partial charge on any atom is -0.462 e. The van der Waals surface area contributed by atoms with E-state index in [-0.39, 0.29) is 25.7 Å². The molecule has 0 aliphatic heterocycles. The molecule has 17 nitrogen and oxygen atoms in total. The molecule has 0 radical (unpaired) electrons. The Hall–Kier alpha value is -2.46. The summed E-state index contributed by atoms with van der Waals surface area (Å²) >= 11 is 0. The van der Waals surface area contributed by atoms with Crippen molar-refractivity contribution in [2.24, 2.45) is 0 Å². The van der Waals surface area contributed by atoms with Crippen LogP contribution in [0, 0.1) is 0 Å². The van der Waals surface area contributed by atoms with E-state index >= 15 is 0 Å². The minimum absolute atomic E-state index is 0.0856. The molecule has 0 amide bonds. The number of esters is 4. The van der Waals surface area contributed by atoms with Gasteiger partial charge in [0.1, 0.15) is 19.3 Å². The summed E-state index contributed by atoms with van der Waals surface area (Å²) in [5, 5.41) is 10.5. The number of carbonyl (C=O) groups excluding carboxylic acids is 4. The van der Waals surface area contributed by atoms with Gasteiger partial charge in [0.2, 0.25) is 0 Å². The van der Waals surface area contributed by atoms with Gasteiger partial charge in [0.25, 0.3) is 0 Å². The van der Waals surface area contributed by atoms with E-state index in [4.69, 9.17) is 37.0 Å². The smallest absolute Gasteiger partial charge is 0.462 e. The molecule has 0 rings (SSSR count). The van der Waals surface area contributed by atoms with Gasteiger partial charge in [-0.2, -0.15) is 0 Å². The van der Waals surface area contributed by atoms with Crippen molar-refractivity contribution in [2.75, 3.05) is 39.6 Å². The van der Waals surface area contributed by atoms with Crippen molar-refractivity contribution in [3.05, 3.63) is 24.3 Å². The maximum atomic E-state index is 13.0. The van der Waals surface area contributed by atoms with Crippen molar-refractivity contribution in [3.8, 4) is 0 Å². The van der Waals surface area contributed by atoms with Crippen LogP contribution in [0.5, 0.6) is 0 Å². The summed E-state index contributed by atoms with van der Waals surface area (Å²) in [7, 11) is -9.89. The quantitative estimate of drug-likeness (QED) is 0.0169. The Bertz CT molecular complexity index is 1700. The van der Waals surface area contributed by atoms with Crippen LogP contribution >= 0.6 is 15.6 Å². The zero-order valence-corrected chi connectivity index (χ0v) is 54.4. The normalized spacial score (nSPS) is 14.3. The molecule has 5 atom stereocenters. The second-order valence-electron chi connectivity index (χ2n) is 22.5. The number of aliphatic hydroxyl groups excluding tert-OH is 1. The van der Waals surface area contributed by atoms with Gasteiger partial charge in [-0.05, 0) is 51.4 Å². The summed E-state index contributed by atoms with van der Waals surface area (Å²) in [6, 6.07) is 0. The van der Waals surface area contributed by atoms with Crippen molar-refractivity contribution in [1.82, 2.24) is 0 Å². The average molecular weight is 1220 g/mol. The molecule has 19 heteroatoms. The predicted octanol–water partition coefficient (Wildman–Crippen LogP) is 17.5. The van der Waals surface area contributed by atoms with Crippen LogP contribution in [0.3, 0.4) is 0 Å². The highest BCUT2D eigenvalue weighted by Gasteiger charge is 2.30. The topological polar surface area (TPSA) is 237 Å². The van der Waals surface area contributed by atoms with Crippen molar-refractivity contribution in [2.45, 2.75) is 322 Å². The molecule has 488 valence electrons. The molecule has 0 aromatic carbocycles. The van der Waals surface area contributed by atoms with Crippen LogP contribution in [0.15, 0.2) is 24.3 Å². The van der Waals surface area contributed by atoms with Crippen LogP contribution in [-0.4, -0.2) is 96.7 Å². The predicted molar refractivity (Wildman–Crippen MR) is 331 cm³/mol. The van der Waals surface area contributed by atoms with Crippen molar-refractivity contribution in [1.29, 1.82) is 0 Å². The molecule has 0 saturated carbocycles. The Morgan fingerprint density at radius 2 is 0.578 bits per heavy atom. The Labute approximate surface area is 503 Å². The summed E-state index contributed by atoms with van der Waals surface area (Å²) < 4.78 is 67.7. The van der Waals surface area contributed by atoms with E-state index < -0.39 is 97.5 Å². The van der Waals surface area contributed by atoms with Crippen LogP contribution < -0.4 is 0 Å². The van der Waals surface area contributed by atoms with E-state index in [9.17, 15) is 43.2 Å². The van der Waals surface area contributed by atoms with E-state index in [1.807, 2.05) is 0 Å². The fourth-order valence-corrected chi connectivity index (χ4v) is 10.7. The van der Waals surface area contributed by atoms with Crippen LogP contribution in [0.25, 0.3) is 0 Å². The van der Waals surface area contributed by atoms with E-state index in [0.29, 0.717) is 25.7 Å². The molecular weight excluding hydrogens is 1100 g/mol. The highest BCUT2D eigenvalue weighted by molar-refractivity contribution is 7.47. The van der Waals surface area contributed by atoms with Gasteiger partial charge in [-0.15, -0.1) is 0 Å². The van der Waals surface area contributed by atoms with Crippen LogP contribution in [-0.2, 0) is 65.4 Å². The van der Waals surface area contributed by atoms with E-state index in [1.165, 1.54) is 116 Å². The monoisotopic (exact) mass is 1220 g/mol. The molecular formula is C64H120O17P2. The summed E-state index contributed by atoms with van der Waals surface area (Å²) in [6.07, 6.45) is 47.0. The molecule has 0 fully saturated rings. The molecule has 0 aromatic rings. The lowest BCUT2D eigenvalue weighted by Crippen LogP contribution is -2.30. The molecule has 0 aliphatic carbocycles. The van der Waals surface area contributed by atoms with Crippen LogP contribution in [0.1, 0.15) is 304 Å². The molecule has 83 heavy (non-hydrogen) atoms. The number of allylic oxidation sites excluding steroid dienone is 4. The number of aliphatic hydroxyl groups is 1. The third-order valence-electron chi connectivity index (χ3n) is 14.2. The Morgan fingerprint density at radius 1 is 0.337 bits per heavy atom. The molecule has 0 spiro atoms. The van der Waals surface area contributed by atoms with E-state index in [2.05, 4.69) is 52.0 Å². The van der Waals surface area contributed by atoms with Gasteiger partial charge in [-0.1, -0.05) is 251 Å². The first-order valence-electron chi connectivity index (χ1n) is 33.1. The first-order chi connectivity index (χ1) is 40.2. The SMILES string of the molecule is CCCCCC/C=C\C=C/CCCCCCCC(=O)O[C@H](COC(=O)CCCCCCCCCCCCCCCC)COP(=O)(O)OC[C@@H](O)COP(=O)(O)OC[C@@H](COC(=O)CCCCCCC)OC(=O)CCCCCCCCCCC. The number of phosphoric acid groups is 2. The standard InChI is InChI=1S/C64H120O17P2/c1-5-9-13-17-20-23-25-27-29-31-33-36-39-43-47-51-64(69)81-60(55-75-62(67)49-45-41-37-35-32-30-28-26-24-21-18-14-10-6-2)57-79-83(72,73)77-53-58(65)52-76-82(70,71)78-56-59(54-74-61(66)48-44-40-16-12-8-4)80-63(68)50-46-42-38-34-22-19-15-11-7-3/h23,25,27,29,58-60,65H,5-22,24,26,28,30-57H2,1-4H3,(H,70,71)(H,72,73)/b25-23-,29-27-/t58-,59+,60+/m0/s1. The molecule has 0 aliphatic rings. The first kappa shape index (κ1) is 80.5. The highest BCUT2D eigenvalue weighted by atomic mass is 31.2. The third kappa shape index (κ3) is 58.3. The fourth-order valence-electron chi connectivity index (χ4n) is 9.09. The van der Waals surface area contributed by atoms with Gasteiger partial charge in [-0.3, -0.25) is 37.3 Å². The van der Waals surface area contributed by atoms with Gasteiger partial charge in [0.15, 0.2) is 12.2 Å². The molecule has 2 unspecified atom stereocenters. The summed E-state index contributed by atoms with van der Waals surface area (Å²) in [5.41, 5.74) is 0. The van der Waals surface area contributed by atoms with E-state index in [1.54, 1.807) is 0 Å². The zero-order valence-electron chi connectivity index (χ0n) is 52.6. The van der Waals surface area contributed by atoms with Gasteiger partial charge >= 0.3 is 39.5 Å². The summed E-state index contributed by atoms with van der Waals surface area (Å²) in [6.45, 7) is 4.73. The maximum Gasteiger partial charge on any atom is 0.472 e.